The molecular weight excluding hydrogens is 608 g/mol. The van der Waals surface area contributed by atoms with Crippen LogP contribution in [0.2, 0.25) is 0 Å². The second-order valence-corrected chi connectivity index (χ2v) is 18.1. The quantitative estimate of drug-likeness (QED) is 0.119. The maximum absolute atomic E-state index is 6.85. The van der Waals surface area contributed by atoms with Gasteiger partial charge in [0.15, 0.2) is 5.82 Å². The van der Waals surface area contributed by atoms with E-state index in [1.54, 1.807) is 0 Å². The fraction of sp³-hybridized carbons (Fsp3) is 0.923. The van der Waals surface area contributed by atoms with Crippen LogP contribution in [0.1, 0.15) is 139 Å². The summed E-state index contributed by atoms with van der Waals surface area (Å²) in [5, 5.41) is 4.15. The van der Waals surface area contributed by atoms with Gasteiger partial charge in [0.25, 0.3) is 0 Å². The van der Waals surface area contributed by atoms with E-state index in [-0.39, 0.29) is 22.2 Å². The Kier molecular flexibility index (Phi) is 14.7. The molecule has 10 heteroatoms. The molecule has 2 fully saturated rings. The number of nitrogens with zero attached hydrogens (tertiary/aromatic N) is 6. The second kappa shape index (κ2) is 17.0. The maximum atomic E-state index is 6.85. The van der Waals surface area contributed by atoms with Crippen LogP contribution >= 0.6 is 0 Å². The summed E-state index contributed by atoms with van der Waals surface area (Å²) in [5.41, 5.74) is 18.9. The predicted octanol–water partition coefficient (Wildman–Crippen LogP) is 5.32. The molecule has 0 saturated carbocycles. The zero-order valence-electron chi connectivity index (χ0n) is 33.9. The number of aromatic nitrogens is 3. The first kappa shape index (κ1) is 42.1. The number of hydrogen-bond donors (Lipinski definition) is 4. The Labute approximate surface area is 301 Å². The number of piperidine rings is 2. The average molecular weight is 687 g/mol. The number of rotatable bonds is 18. The van der Waals surface area contributed by atoms with E-state index >= 15 is 0 Å². The molecule has 2 aliphatic rings. The lowest BCUT2D eigenvalue weighted by molar-refractivity contribution is -0.110. The lowest BCUT2D eigenvalue weighted by atomic mass is 9.62. The first-order valence-electron chi connectivity index (χ1n) is 19.6. The molecule has 3 heterocycles. The first-order chi connectivity index (χ1) is 22.8. The van der Waals surface area contributed by atoms with Crippen molar-refractivity contribution in [3.05, 3.63) is 18.5 Å². The number of nitrogens with two attached hydrogens (primary N) is 3. The highest BCUT2D eigenvalue weighted by Gasteiger charge is 2.54. The molecule has 3 rings (SSSR count). The van der Waals surface area contributed by atoms with Crippen LogP contribution in [0.3, 0.4) is 0 Å². The minimum absolute atomic E-state index is 0.0280. The molecule has 0 bridgehead atoms. The van der Waals surface area contributed by atoms with Crippen LogP contribution in [0.15, 0.2) is 12.7 Å². The summed E-state index contributed by atoms with van der Waals surface area (Å²) in [6.07, 6.45) is 14.1. The van der Waals surface area contributed by atoms with Gasteiger partial charge in [0.2, 0.25) is 0 Å². The second-order valence-electron chi connectivity index (χ2n) is 18.1. The Morgan fingerprint density at radius 2 is 1.39 bits per heavy atom. The number of hydrogen-bond acceptors (Lipinski definition) is 10. The van der Waals surface area contributed by atoms with Crippen molar-refractivity contribution in [2.45, 2.75) is 173 Å². The topological polar surface area (TPSA) is 138 Å². The molecule has 10 nitrogen and oxygen atoms in total. The van der Waals surface area contributed by atoms with Crippen LogP contribution in [0, 0.1) is 17.8 Å². The molecule has 0 spiro atoms. The molecule has 284 valence electrons. The summed E-state index contributed by atoms with van der Waals surface area (Å²) in [5.74, 6) is 2.03. The van der Waals surface area contributed by atoms with E-state index in [4.69, 9.17) is 17.2 Å². The third-order valence-electron chi connectivity index (χ3n) is 13.4. The van der Waals surface area contributed by atoms with Gasteiger partial charge in [0.1, 0.15) is 18.3 Å². The van der Waals surface area contributed by atoms with E-state index in [1.165, 1.54) is 51.2 Å². The van der Waals surface area contributed by atoms with Crippen molar-refractivity contribution in [2.75, 3.05) is 40.3 Å². The Morgan fingerprint density at radius 3 is 1.94 bits per heavy atom. The van der Waals surface area contributed by atoms with Crippen molar-refractivity contribution in [1.29, 1.82) is 0 Å². The van der Waals surface area contributed by atoms with Crippen LogP contribution in [0.5, 0.6) is 0 Å². The molecule has 0 amide bonds. The Balaban J connectivity index is 2.14. The highest BCUT2D eigenvalue weighted by atomic mass is 15.3. The molecule has 0 aliphatic carbocycles. The van der Waals surface area contributed by atoms with Gasteiger partial charge in [-0.25, -0.2) is 15.0 Å². The molecule has 2 aliphatic heterocycles. The zero-order chi connectivity index (χ0) is 36.8. The molecule has 7 N–H and O–H groups in total. The van der Waals surface area contributed by atoms with Crippen molar-refractivity contribution in [1.82, 2.24) is 35.0 Å². The molecule has 1 aromatic heterocycles. The summed E-state index contributed by atoms with van der Waals surface area (Å²) in [4.78, 5) is 20.9. The largest absolute Gasteiger partial charge is 0.330 e. The van der Waals surface area contributed by atoms with Gasteiger partial charge in [-0.2, -0.15) is 0 Å². The van der Waals surface area contributed by atoms with Crippen molar-refractivity contribution >= 4 is 0 Å². The number of nitrogens with one attached hydrogen (secondary N) is 1. The van der Waals surface area contributed by atoms with Crippen molar-refractivity contribution in [3.8, 4) is 0 Å². The number of likely N-dealkylation sites (tertiary alicyclic amines) is 2. The molecule has 1 aromatic rings. The molecule has 49 heavy (non-hydrogen) atoms. The van der Waals surface area contributed by atoms with Gasteiger partial charge in [-0.1, -0.05) is 39.5 Å². The average Bonchev–Trinajstić information content (AvgIpc) is 3.03. The summed E-state index contributed by atoms with van der Waals surface area (Å²) >= 11 is 0. The fourth-order valence-electron chi connectivity index (χ4n) is 9.77. The van der Waals surface area contributed by atoms with Crippen LogP contribution in [0.4, 0.5) is 0 Å². The zero-order valence-corrected chi connectivity index (χ0v) is 33.9. The van der Waals surface area contributed by atoms with Crippen molar-refractivity contribution in [3.63, 3.8) is 0 Å². The van der Waals surface area contributed by atoms with E-state index in [1.807, 2.05) is 0 Å². The van der Waals surface area contributed by atoms with Crippen LogP contribution < -0.4 is 22.5 Å². The normalized spacial score (nSPS) is 27.8. The monoisotopic (exact) mass is 687 g/mol. The van der Waals surface area contributed by atoms with Crippen molar-refractivity contribution < 1.29 is 0 Å². The van der Waals surface area contributed by atoms with Gasteiger partial charge >= 0.3 is 0 Å². The first-order valence-corrected chi connectivity index (χ1v) is 19.6. The summed E-state index contributed by atoms with van der Waals surface area (Å²) in [7, 11) is 4.69. The number of unbranched alkanes of at least 4 members (excludes halogenated alkanes) is 2. The lowest BCUT2D eigenvalue weighted by Crippen LogP contribution is -2.70. The van der Waals surface area contributed by atoms with E-state index in [9.17, 15) is 0 Å². The highest BCUT2D eigenvalue weighted by Crippen LogP contribution is 2.49. The van der Waals surface area contributed by atoms with Crippen LogP contribution in [-0.4, -0.2) is 104 Å². The van der Waals surface area contributed by atoms with E-state index in [0.717, 1.165) is 38.9 Å². The van der Waals surface area contributed by atoms with E-state index in [2.05, 4.69) is 118 Å². The molecule has 2 saturated heterocycles. The Hall–Kier alpha value is -1.27. The van der Waals surface area contributed by atoms with Gasteiger partial charge < -0.3 is 22.5 Å². The van der Waals surface area contributed by atoms with Gasteiger partial charge in [-0.15, -0.1) is 0 Å². The highest BCUT2D eigenvalue weighted by molar-refractivity contribution is 5.10. The van der Waals surface area contributed by atoms with Gasteiger partial charge in [-0.3, -0.25) is 14.7 Å². The molecule has 0 aromatic carbocycles. The smallest absolute Gasteiger partial charge is 0.166 e. The minimum atomic E-state index is -1.15. The van der Waals surface area contributed by atoms with E-state index in [0.29, 0.717) is 48.6 Å². The van der Waals surface area contributed by atoms with Gasteiger partial charge in [-0.05, 0) is 139 Å². The summed E-state index contributed by atoms with van der Waals surface area (Å²) in [6.45, 7) is 27.7. The standard InChI is InChI=1S/C39H78N10/c1-13-15-18-30-29(24-35(3,4)47(11)37(30,7)8)32(44-22-17-21-40)26-49(23-20-39(41,42)34-45-27-43-28-46-34)33-25-36(5,6)48(12)38(9,10)31(33)19-16-14-2/h27-33,44H,13-26,40-42H2,1-12H3. The molecule has 5 atom stereocenters. The lowest BCUT2D eigenvalue weighted by Gasteiger charge is -2.62. The van der Waals surface area contributed by atoms with Gasteiger partial charge in [0, 0.05) is 47.3 Å². The van der Waals surface area contributed by atoms with E-state index < -0.39 is 5.66 Å². The fourth-order valence-corrected chi connectivity index (χ4v) is 9.77. The van der Waals surface area contributed by atoms with Crippen LogP contribution in [0.25, 0.3) is 0 Å². The molecular formula is C39H78N10. The van der Waals surface area contributed by atoms with Crippen LogP contribution in [-0.2, 0) is 5.66 Å². The van der Waals surface area contributed by atoms with Crippen molar-refractivity contribution in [2.24, 2.45) is 35.0 Å². The summed E-state index contributed by atoms with van der Waals surface area (Å²) in [6, 6.07) is 0.683. The van der Waals surface area contributed by atoms with Gasteiger partial charge in [0.05, 0.1) is 0 Å². The minimum Gasteiger partial charge on any atom is -0.330 e. The third kappa shape index (κ3) is 9.79. The predicted molar refractivity (Wildman–Crippen MR) is 206 cm³/mol. The third-order valence-corrected chi connectivity index (χ3v) is 13.4. The Morgan fingerprint density at radius 1 is 0.857 bits per heavy atom. The summed E-state index contributed by atoms with van der Waals surface area (Å²) < 4.78 is 0. The molecule has 5 unspecified atom stereocenters. The molecule has 0 radical (unpaired) electrons. The maximum Gasteiger partial charge on any atom is 0.166 e. The SMILES string of the molecule is CCCCC1C(C(CN(CCC(N)(N)c2ncncn2)C2CC(C)(C)N(C)C(C)(C)C2CCCC)NCCCN)CC(C)(C)N(C)C1(C)C. The Bertz CT molecular complexity index is 1120.